The van der Waals surface area contributed by atoms with E-state index in [1.54, 1.807) is 98.2 Å². The topological polar surface area (TPSA) is 268 Å². The number of amides is 2. The van der Waals surface area contributed by atoms with Crippen LogP contribution in [0.2, 0.25) is 0 Å². The normalized spacial score (nSPS) is 13.9. The highest BCUT2D eigenvalue weighted by Crippen LogP contribution is 2.43. The standard InChI is InChI=1S/C62H71F3N20O6/c1-11-66-51-26-40(23-42(72-51)28-68-60(89)91-61(3,4)5)54-45(56-75-70-34-78(56)7)30-83(80(54)9)19-16-67-52-27-41(24-48(73-52)59(87)88)55-46(57-76-71-35-79(57)8)31-84(81(55)10)36-90-50-15-14-39(37(2)20-53-74-69-33-77(53)6)25-49(50)85-32-44-43(58(85)86)21-38(22-47(44)62(63,64)65)29-82-17-12-13-18-82/h14-15,21-27,30-31,33-35,37H,11-13,16-20,28-29,32,36H2,1-10H3,(H2-2,66,67,68,72,73,87,88,89)/p+2/t37-/m0/s1. The number of alkyl carbamates (subject to hydrolysis) is 1. The van der Waals surface area contributed by atoms with Crippen molar-refractivity contribution in [1.82, 2.24) is 73.8 Å². The quantitative estimate of drug-likeness (QED) is 0.0488. The minimum Gasteiger partial charge on any atom is -0.477 e. The Morgan fingerprint density at radius 1 is 0.769 bits per heavy atom. The number of carbonyl (C=O) groups is 3. The molecule has 11 rings (SSSR count). The molecule has 1 atom stereocenters. The molecule has 29 heteroatoms. The Morgan fingerprint density at radius 3 is 2.02 bits per heavy atom. The number of aromatic carboxylic acids is 1. The number of halogens is 3. The molecule has 9 aromatic rings. The third kappa shape index (κ3) is 13.5. The van der Waals surface area contributed by atoms with Gasteiger partial charge in [0.25, 0.3) is 5.91 Å². The molecule has 0 unspecified atom stereocenters. The highest BCUT2D eigenvalue weighted by Gasteiger charge is 2.42. The Labute approximate surface area is 522 Å². The molecular formula is C62H73F3N20O6+2. The van der Waals surface area contributed by atoms with Crippen LogP contribution in [0.25, 0.3) is 45.3 Å². The number of nitrogens with one attached hydrogen (secondary N) is 3. The Kier molecular flexibility index (Phi) is 17.5. The second-order valence-corrected chi connectivity index (χ2v) is 23.9. The summed E-state index contributed by atoms with van der Waals surface area (Å²) in [7, 11) is 9.15. The van der Waals surface area contributed by atoms with E-state index in [1.807, 2.05) is 77.9 Å². The largest absolute Gasteiger partial charge is 0.477 e. The van der Waals surface area contributed by atoms with Crippen molar-refractivity contribution in [3.05, 3.63) is 131 Å². The lowest BCUT2D eigenvalue weighted by atomic mass is 9.96. The first-order valence-corrected chi connectivity index (χ1v) is 29.9. The number of fused-ring (bicyclic) bond motifs is 1. The van der Waals surface area contributed by atoms with Crippen LogP contribution in [0.3, 0.4) is 0 Å². The molecule has 2 aromatic carbocycles. The van der Waals surface area contributed by atoms with Gasteiger partial charge in [0.1, 0.15) is 64.6 Å². The Morgan fingerprint density at radius 2 is 1.41 bits per heavy atom. The predicted octanol–water partition coefficient (Wildman–Crippen LogP) is 7.21. The minimum absolute atomic E-state index is 0.00311. The lowest BCUT2D eigenvalue weighted by molar-refractivity contribution is -0.795. The SMILES string of the molecule is CCNc1cc(-c2c(-c3nncn3C)c[n+](CCNc3cc(-c4c(-c5nncn5C)c[n+](COc5ccc([C@@H](C)Cc6nncn6C)cc5N5Cc6c(cc(CN7CCCC7)cc6C(F)(F)F)C5=O)n4C)cc(C(=O)O)n3)n2C)cc(CNC(=O)OC(C)(C)C)n1. The molecule has 2 amide bonds. The van der Waals surface area contributed by atoms with Crippen molar-refractivity contribution in [2.45, 2.75) is 104 Å². The molecule has 1 saturated heterocycles. The number of ether oxygens (including phenoxy) is 2. The van der Waals surface area contributed by atoms with Gasteiger partial charge in [-0.2, -0.15) is 22.5 Å². The second kappa shape index (κ2) is 25.4. The number of pyridine rings is 2. The molecule has 476 valence electrons. The second-order valence-electron chi connectivity index (χ2n) is 23.9. The molecule has 0 aliphatic carbocycles. The Hall–Kier alpha value is -10.1. The molecule has 1 fully saturated rings. The summed E-state index contributed by atoms with van der Waals surface area (Å²) in [5, 5.41) is 45.6. The van der Waals surface area contributed by atoms with Gasteiger partial charge in [0.05, 0.1) is 50.7 Å². The number of hydrogen-bond donors (Lipinski definition) is 4. The highest BCUT2D eigenvalue weighted by atomic mass is 19.4. The van der Waals surface area contributed by atoms with E-state index < -0.39 is 35.3 Å². The van der Waals surface area contributed by atoms with Crippen LogP contribution < -0.4 is 35.0 Å². The summed E-state index contributed by atoms with van der Waals surface area (Å²) in [5.74, 6) is 0.807. The first-order chi connectivity index (χ1) is 43.4. The number of rotatable bonds is 22. The Bertz CT molecular complexity index is 4210. The molecule has 0 bridgehead atoms. The molecule has 7 aromatic heterocycles. The van der Waals surface area contributed by atoms with E-state index in [4.69, 9.17) is 14.5 Å². The van der Waals surface area contributed by atoms with E-state index in [1.165, 1.54) is 17.0 Å². The summed E-state index contributed by atoms with van der Waals surface area (Å²) in [6.45, 7) is 11.9. The van der Waals surface area contributed by atoms with Crippen molar-refractivity contribution in [3.8, 4) is 51.0 Å². The smallest absolute Gasteiger partial charge is 0.416 e. The first kappa shape index (κ1) is 62.5. The molecule has 26 nitrogen and oxygen atoms in total. The van der Waals surface area contributed by atoms with E-state index in [9.17, 15) is 19.5 Å². The molecule has 0 spiro atoms. The summed E-state index contributed by atoms with van der Waals surface area (Å²) in [4.78, 5) is 53.2. The average Bonchev–Trinajstić information content (AvgIpc) is 1.67. The molecule has 2 aliphatic heterocycles. The minimum atomic E-state index is -4.72. The number of carbonyl (C=O) groups excluding carboxylic acids is 2. The van der Waals surface area contributed by atoms with Crippen LogP contribution in [0.5, 0.6) is 5.75 Å². The lowest BCUT2D eigenvalue weighted by Crippen LogP contribution is -2.44. The highest BCUT2D eigenvalue weighted by molar-refractivity contribution is 6.11. The Balaban J connectivity index is 0.906. The zero-order valence-electron chi connectivity index (χ0n) is 52.4. The molecule has 2 aliphatic rings. The van der Waals surface area contributed by atoms with E-state index in [0.717, 1.165) is 54.1 Å². The fraction of sp³-hybridized carbons (Fsp3) is 0.403. The maximum Gasteiger partial charge on any atom is 0.416 e. The van der Waals surface area contributed by atoms with Gasteiger partial charge in [-0.05, 0) is 125 Å². The van der Waals surface area contributed by atoms with Gasteiger partial charge in [0.15, 0.2) is 29.6 Å². The molecular weight excluding hydrogens is 1180 g/mol. The van der Waals surface area contributed by atoms with Crippen LogP contribution >= 0.6 is 0 Å². The van der Waals surface area contributed by atoms with Crippen LogP contribution in [0.4, 0.5) is 35.3 Å². The van der Waals surface area contributed by atoms with E-state index >= 15 is 13.2 Å². The van der Waals surface area contributed by atoms with Crippen LogP contribution in [0.1, 0.15) is 108 Å². The molecule has 0 saturated carbocycles. The van der Waals surface area contributed by atoms with Crippen molar-refractivity contribution < 1.29 is 51.5 Å². The van der Waals surface area contributed by atoms with E-state index in [-0.39, 0.29) is 66.4 Å². The number of likely N-dealkylation sites (tertiary alicyclic amines) is 1. The number of carboxylic acids is 1. The number of hydrogen-bond acceptors (Lipinski definition) is 16. The van der Waals surface area contributed by atoms with Crippen LogP contribution in [0.15, 0.2) is 86.0 Å². The number of benzene rings is 2. The summed E-state index contributed by atoms with van der Waals surface area (Å²) in [6.07, 6.45) is 5.59. The summed E-state index contributed by atoms with van der Waals surface area (Å²) < 4.78 is 70.2. The fourth-order valence-electron chi connectivity index (χ4n) is 11.7. The van der Waals surface area contributed by atoms with Crippen LogP contribution in [-0.2, 0) is 85.5 Å². The monoisotopic (exact) mass is 1250 g/mol. The maximum absolute atomic E-state index is 15.1. The molecule has 9 heterocycles. The third-order valence-electron chi connectivity index (χ3n) is 16.2. The van der Waals surface area contributed by atoms with Gasteiger partial charge in [-0.1, -0.05) is 17.7 Å². The third-order valence-corrected chi connectivity index (χ3v) is 16.2. The summed E-state index contributed by atoms with van der Waals surface area (Å²) >= 11 is 0. The van der Waals surface area contributed by atoms with Gasteiger partial charge in [0.2, 0.25) is 12.4 Å². The van der Waals surface area contributed by atoms with Gasteiger partial charge < -0.3 is 49.1 Å². The van der Waals surface area contributed by atoms with Crippen molar-refractivity contribution in [2.75, 3.05) is 41.7 Å². The van der Waals surface area contributed by atoms with Gasteiger partial charge >= 0.3 is 25.0 Å². The molecule has 4 N–H and O–H groups in total. The van der Waals surface area contributed by atoms with Crippen LogP contribution in [-0.4, -0.2) is 123 Å². The zero-order chi connectivity index (χ0) is 64.6. The van der Waals surface area contributed by atoms with Crippen molar-refractivity contribution in [2.24, 2.45) is 35.2 Å². The number of aromatic nitrogens is 15. The van der Waals surface area contributed by atoms with Crippen molar-refractivity contribution in [1.29, 1.82) is 0 Å². The van der Waals surface area contributed by atoms with Crippen molar-refractivity contribution >= 4 is 35.3 Å². The molecule has 91 heavy (non-hydrogen) atoms. The van der Waals surface area contributed by atoms with E-state index in [0.29, 0.717) is 71.6 Å². The number of carboxylic acid groups (broad SMARTS) is 1. The number of alkyl halides is 3. The summed E-state index contributed by atoms with van der Waals surface area (Å²) in [6, 6.07) is 15.2. The van der Waals surface area contributed by atoms with Crippen molar-refractivity contribution in [3.63, 3.8) is 0 Å². The van der Waals surface area contributed by atoms with Gasteiger partial charge in [-0.3, -0.25) is 9.69 Å². The van der Waals surface area contributed by atoms with Gasteiger partial charge in [-0.25, -0.2) is 19.6 Å². The van der Waals surface area contributed by atoms with Gasteiger partial charge in [0, 0.05) is 57.3 Å². The zero-order valence-corrected chi connectivity index (χ0v) is 52.4. The average molecular weight is 1250 g/mol. The number of aryl methyl sites for hydroxylation is 3. The van der Waals surface area contributed by atoms with E-state index in [2.05, 4.69) is 56.4 Å². The van der Waals surface area contributed by atoms with Gasteiger partial charge in [-0.15, -0.1) is 35.3 Å². The summed E-state index contributed by atoms with van der Waals surface area (Å²) in [5.41, 5.74) is 4.00. The first-order valence-electron chi connectivity index (χ1n) is 29.9. The fourth-order valence-corrected chi connectivity index (χ4v) is 11.7. The maximum atomic E-state index is 15.1. The van der Waals surface area contributed by atoms with Crippen LogP contribution in [0, 0.1) is 0 Å². The molecule has 0 radical (unpaired) electrons. The lowest BCUT2D eigenvalue weighted by Gasteiger charge is -2.22. The number of anilines is 3. The predicted molar refractivity (Wildman–Crippen MR) is 327 cm³/mol. The number of nitrogens with zero attached hydrogens (tertiary/aromatic N) is 17.